The minimum atomic E-state index is -0.528. The quantitative estimate of drug-likeness (QED) is 0.706. The molecule has 0 aliphatic heterocycles. The summed E-state index contributed by atoms with van der Waals surface area (Å²) in [5, 5.41) is 12.7. The highest BCUT2D eigenvalue weighted by Crippen LogP contribution is 2.04. The van der Waals surface area contributed by atoms with Gasteiger partial charge < -0.3 is 15.4 Å². The first kappa shape index (κ1) is 12.9. The van der Waals surface area contributed by atoms with Crippen molar-refractivity contribution in [2.75, 3.05) is 19.5 Å². The number of methoxy groups -OCH3 is 1. The predicted octanol–water partition coefficient (Wildman–Crippen LogP) is -0.190. The third kappa shape index (κ3) is 3.40. The molecule has 0 saturated carbocycles. The van der Waals surface area contributed by atoms with Gasteiger partial charge in [-0.25, -0.2) is 4.79 Å². The summed E-state index contributed by atoms with van der Waals surface area (Å²) >= 11 is 0. The van der Waals surface area contributed by atoms with Crippen LogP contribution in [0.15, 0.2) is 12.1 Å². The van der Waals surface area contributed by atoms with Gasteiger partial charge >= 0.3 is 5.97 Å². The van der Waals surface area contributed by atoms with Gasteiger partial charge in [-0.05, 0) is 19.1 Å². The summed E-state index contributed by atoms with van der Waals surface area (Å²) in [6.45, 7) is 1.64. The van der Waals surface area contributed by atoms with Crippen molar-refractivity contribution in [3.63, 3.8) is 0 Å². The molecule has 0 fully saturated rings. The number of rotatable bonds is 4. The molecule has 7 heteroatoms. The number of carbonyl (C=O) groups is 2. The Hall–Kier alpha value is -2.18. The number of amides is 1. The Kier molecular flexibility index (Phi) is 4.38. The van der Waals surface area contributed by atoms with Crippen LogP contribution in [0.4, 0.5) is 5.82 Å². The van der Waals surface area contributed by atoms with E-state index in [0.29, 0.717) is 5.82 Å². The predicted molar refractivity (Wildman–Crippen MR) is 60.5 cm³/mol. The smallest absolute Gasteiger partial charge is 0.328 e. The fourth-order valence-corrected chi connectivity index (χ4v) is 1.12. The van der Waals surface area contributed by atoms with Crippen molar-refractivity contribution in [1.82, 2.24) is 15.5 Å². The molecule has 2 N–H and O–H groups in total. The van der Waals surface area contributed by atoms with Crippen LogP contribution in [0, 0.1) is 0 Å². The summed E-state index contributed by atoms with van der Waals surface area (Å²) < 4.78 is 4.55. The average molecular weight is 238 g/mol. The molecule has 92 valence electrons. The van der Waals surface area contributed by atoms with Crippen LogP contribution in [-0.2, 0) is 9.53 Å². The Labute approximate surface area is 98.6 Å². The normalized spacial score (nSPS) is 11.5. The third-order valence-corrected chi connectivity index (χ3v) is 2.04. The summed E-state index contributed by atoms with van der Waals surface area (Å²) in [6, 6.07) is 2.55. The molecule has 0 aliphatic carbocycles. The number of carbonyl (C=O) groups excluding carboxylic acids is 2. The van der Waals surface area contributed by atoms with Crippen LogP contribution in [0.25, 0.3) is 0 Å². The molecule has 1 heterocycles. The summed E-state index contributed by atoms with van der Waals surface area (Å²) in [6.07, 6.45) is 0. The molecule has 17 heavy (non-hydrogen) atoms. The molecule has 1 aromatic rings. The van der Waals surface area contributed by atoms with Crippen molar-refractivity contribution in [2.45, 2.75) is 13.0 Å². The van der Waals surface area contributed by atoms with Gasteiger partial charge in [-0.3, -0.25) is 4.79 Å². The molecule has 1 atom stereocenters. The van der Waals surface area contributed by atoms with Crippen molar-refractivity contribution in [3.8, 4) is 0 Å². The first-order valence-corrected chi connectivity index (χ1v) is 4.98. The molecular weight excluding hydrogens is 224 g/mol. The lowest BCUT2D eigenvalue weighted by atomic mass is 10.3. The van der Waals surface area contributed by atoms with Crippen molar-refractivity contribution < 1.29 is 14.3 Å². The number of nitrogens with zero attached hydrogens (tertiary/aromatic N) is 2. The van der Waals surface area contributed by atoms with Gasteiger partial charge in [0.05, 0.1) is 7.11 Å². The summed E-state index contributed by atoms with van der Waals surface area (Å²) in [5.41, 5.74) is 0.212. The van der Waals surface area contributed by atoms with Crippen LogP contribution in [0.3, 0.4) is 0 Å². The monoisotopic (exact) mass is 238 g/mol. The molecule has 0 aliphatic rings. The number of nitrogens with one attached hydrogen (secondary N) is 2. The molecule has 0 radical (unpaired) electrons. The highest BCUT2D eigenvalue weighted by molar-refractivity contribution is 5.91. The molecular formula is C10H14N4O3. The molecule has 0 saturated heterocycles. The second-order valence-electron chi connectivity index (χ2n) is 3.27. The maximum atomic E-state index is 11.2. The van der Waals surface area contributed by atoms with Gasteiger partial charge in [0.15, 0.2) is 5.69 Å². The molecule has 1 amide bonds. The van der Waals surface area contributed by atoms with Crippen LogP contribution < -0.4 is 10.6 Å². The van der Waals surface area contributed by atoms with Crippen molar-refractivity contribution >= 4 is 17.7 Å². The molecule has 0 aromatic carbocycles. The highest BCUT2D eigenvalue weighted by Gasteiger charge is 2.13. The Morgan fingerprint density at radius 1 is 1.35 bits per heavy atom. The second-order valence-corrected chi connectivity index (χ2v) is 3.27. The lowest BCUT2D eigenvalue weighted by Gasteiger charge is -2.11. The second kappa shape index (κ2) is 5.78. The van der Waals surface area contributed by atoms with Crippen LogP contribution in [0.5, 0.6) is 0 Å². The van der Waals surface area contributed by atoms with E-state index in [1.165, 1.54) is 20.2 Å². The summed E-state index contributed by atoms with van der Waals surface area (Å²) in [5.74, 6) is -0.317. The molecule has 1 rings (SSSR count). The van der Waals surface area contributed by atoms with E-state index in [1.807, 2.05) is 0 Å². The maximum absolute atomic E-state index is 11.2. The van der Waals surface area contributed by atoms with E-state index in [1.54, 1.807) is 13.0 Å². The van der Waals surface area contributed by atoms with Gasteiger partial charge in [-0.2, -0.15) is 0 Å². The summed E-state index contributed by atoms with van der Waals surface area (Å²) in [4.78, 5) is 22.3. The molecule has 0 bridgehead atoms. The number of aromatic nitrogens is 2. The minimum absolute atomic E-state index is 0.212. The zero-order chi connectivity index (χ0) is 12.8. The van der Waals surface area contributed by atoms with Crippen LogP contribution in [-0.4, -0.2) is 42.3 Å². The van der Waals surface area contributed by atoms with Gasteiger partial charge in [0.25, 0.3) is 5.91 Å². The number of anilines is 1. The largest absolute Gasteiger partial charge is 0.467 e. The van der Waals surface area contributed by atoms with Gasteiger partial charge in [-0.15, -0.1) is 10.2 Å². The van der Waals surface area contributed by atoms with E-state index in [-0.39, 0.29) is 11.6 Å². The minimum Gasteiger partial charge on any atom is -0.467 e. The number of esters is 1. The maximum Gasteiger partial charge on any atom is 0.328 e. The number of hydrogen-bond donors (Lipinski definition) is 2. The zero-order valence-electron chi connectivity index (χ0n) is 9.85. The molecule has 1 unspecified atom stereocenters. The average Bonchev–Trinajstić information content (AvgIpc) is 2.37. The summed E-state index contributed by atoms with van der Waals surface area (Å²) in [7, 11) is 2.82. The molecule has 1 aromatic heterocycles. The SMILES string of the molecule is CNC(=O)c1ccc(NC(C)C(=O)OC)nn1. The van der Waals surface area contributed by atoms with E-state index in [9.17, 15) is 9.59 Å². The Morgan fingerprint density at radius 3 is 2.53 bits per heavy atom. The molecule has 0 spiro atoms. The van der Waals surface area contributed by atoms with Crippen LogP contribution >= 0.6 is 0 Å². The van der Waals surface area contributed by atoms with Gasteiger partial charge in [-0.1, -0.05) is 0 Å². The van der Waals surface area contributed by atoms with Crippen molar-refractivity contribution in [1.29, 1.82) is 0 Å². The van der Waals surface area contributed by atoms with E-state index >= 15 is 0 Å². The van der Waals surface area contributed by atoms with Crippen molar-refractivity contribution in [3.05, 3.63) is 17.8 Å². The Balaban J connectivity index is 2.68. The Bertz CT molecular complexity index is 405. The first-order valence-electron chi connectivity index (χ1n) is 4.98. The highest BCUT2D eigenvalue weighted by atomic mass is 16.5. The standard InChI is InChI=1S/C10H14N4O3/c1-6(10(16)17-3)12-8-5-4-7(13-14-8)9(15)11-2/h4-6H,1-3H3,(H,11,15)(H,12,14). The molecule has 7 nitrogen and oxygen atoms in total. The fourth-order valence-electron chi connectivity index (χ4n) is 1.12. The van der Waals surface area contributed by atoms with Crippen LogP contribution in [0.2, 0.25) is 0 Å². The van der Waals surface area contributed by atoms with Crippen molar-refractivity contribution in [2.24, 2.45) is 0 Å². The van der Waals surface area contributed by atoms with Gasteiger partial charge in [0.2, 0.25) is 0 Å². The third-order valence-electron chi connectivity index (χ3n) is 2.04. The lowest BCUT2D eigenvalue weighted by molar-refractivity contribution is -0.141. The van der Waals surface area contributed by atoms with E-state index in [0.717, 1.165) is 0 Å². The van der Waals surface area contributed by atoms with Gasteiger partial charge in [0, 0.05) is 7.05 Å². The lowest BCUT2D eigenvalue weighted by Crippen LogP contribution is -2.28. The van der Waals surface area contributed by atoms with E-state index in [4.69, 9.17) is 0 Å². The topological polar surface area (TPSA) is 93.2 Å². The number of ether oxygens (including phenoxy) is 1. The van der Waals surface area contributed by atoms with E-state index in [2.05, 4.69) is 25.6 Å². The van der Waals surface area contributed by atoms with Gasteiger partial charge in [0.1, 0.15) is 11.9 Å². The first-order chi connectivity index (χ1) is 8.08. The Morgan fingerprint density at radius 2 is 2.06 bits per heavy atom. The number of hydrogen-bond acceptors (Lipinski definition) is 6. The van der Waals surface area contributed by atoms with E-state index < -0.39 is 12.0 Å². The van der Waals surface area contributed by atoms with Crippen LogP contribution in [0.1, 0.15) is 17.4 Å². The zero-order valence-corrected chi connectivity index (χ0v) is 9.85. The fraction of sp³-hybridized carbons (Fsp3) is 0.400.